The van der Waals surface area contributed by atoms with Crippen LogP contribution in [0.1, 0.15) is 40.7 Å². The number of benzene rings is 3. The van der Waals surface area contributed by atoms with Gasteiger partial charge in [0.1, 0.15) is 23.7 Å². The van der Waals surface area contributed by atoms with Crippen LogP contribution >= 0.6 is 0 Å². The molecule has 0 atom stereocenters. The Balaban J connectivity index is 1.52. The number of phenolic OH excluding ortho intramolecular Hbond substituents is 1. The van der Waals surface area contributed by atoms with Gasteiger partial charge in [-0.1, -0.05) is 36.4 Å². The average Bonchev–Trinajstić information content (AvgIpc) is 3.39. The van der Waals surface area contributed by atoms with Crippen LogP contribution < -0.4 is 10.4 Å². The molecule has 1 aromatic heterocycles. The molecule has 0 saturated carbocycles. The Labute approximate surface area is 212 Å². The number of rotatable bonds is 7. The number of hydrogen-bond donors (Lipinski definition) is 1. The molecule has 2 heterocycles. The van der Waals surface area contributed by atoms with E-state index in [-0.39, 0.29) is 11.4 Å². The molecule has 4 aromatic rings. The molecule has 0 aliphatic carbocycles. The first-order valence-electron chi connectivity index (χ1n) is 12.7. The van der Waals surface area contributed by atoms with Gasteiger partial charge < -0.3 is 14.3 Å². The predicted molar refractivity (Wildman–Crippen MR) is 144 cm³/mol. The van der Waals surface area contributed by atoms with Crippen molar-refractivity contribution < 1.29 is 14.3 Å². The lowest BCUT2D eigenvalue weighted by molar-refractivity contribution is 0.238. The van der Waals surface area contributed by atoms with Crippen molar-refractivity contribution in [3.05, 3.63) is 92.8 Å². The molecule has 0 bridgehead atoms. The van der Waals surface area contributed by atoms with Gasteiger partial charge >= 0.3 is 5.63 Å². The SMILES string of the molecule is Cc1ccccc1-c1c(Cc2ccc(OCCN3CCCC3)cc2)c2cc(C)c(O)c(C)c2oc1=O. The zero-order chi connectivity index (χ0) is 25.2. The van der Waals surface area contributed by atoms with Crippen LogP contribution in [0.4, 0.5) is 0 Å². The van der Waals surface area contributed by atoms with Gasteiger partial charge in [0.25, 0.3) is 0 Å². The number of ether oxygens (including phenoxy) is 1. The fraction of sp³-hybridized carbons (Fsp3) is 0.323. The number of phenols is 1. The molecule has 36 heavy (non-hydrogen) atoms. The number of nitrogens with zero attached hydrogens (tertiary/aromatic N) is 1. The third kappa shape index (κ3) is 4.76. The Morgan fingerprint density at radius 3 is 2.42 bits per heavy atom. The summed E-state index contributed by atoms with van der Waals surface area (Å²) < 4.78 is 11.8. The summed E-state index contributed by atoms with van der Waals surface area (Å²) in [5, 5.41) is 11.4. The van der Waals surface area contributed by atoms with Crippen molar-refractivity contribution in [2.75, 3.05) is 26.2 Å². The lowest BCUT2D eigenvalue weighted by Crippen LogP contribution is -2.25. The molecule has 3 aromatic carbocycles. The smallest absolute Gasteiger partial charge is 0.344 e. The fourth-order valence-corrected chi connectivity index (χ4v) is 5.23. The van der Waals surface area contributed by atoms with Crippen LogP contribution in [0.2, 0.25) is 0 Å². The highest BCUT2D eigenvalue weighted by Crippen LogP contribution is 2.36. The van der Waals surface area contributed by atoms with E-state index in [0.29, 0.717) is 29.7 Å². The summed E-state index contributed by atoms with van der Waals surface area (Å²) in [5.41, 5.74) is 5.84. The monoisotopic (exact) mass is 483 g/mol. The van der Waals surface area contributed by atoms with E-state index in [9.17, 15) is 9.90 Å². The van der Waals surface area contributed by atoms with Gasteiger partial charge in [0.05, 0.1) is 5.56 Å². The highest BCUT2D eigenvalue weighted by atomic mass is 16.5. The third-order valence-corrected chi connectivity index (χ3v) is 7.29. The summed E-state index contributed by atoms with van der Waals surface area (Å²) in [6, 6.07) is 17.9. The van der Waals surface area contributed by atoms with Gasteiger partial charge in [-0.3, -0.25) is 4.90 Å². The average molecular weight is 484 g/mol. The molecule has 0 spiro atoms. The standard InChI is InChI=1S/C31H33NO4/c1-20-8-4-5-9-25(20)28-26(27-18-21(2)29(33)22(3)30(27)36-31(28)34)19-23-10-12-24(13-11-23)35-17-16-32-14-6-7-15-32/h4-5,8-13,18,33H,6-7,14-17,19H2,1-3H3. The van der Waals surface area contributed by atoms with E-state index in [1.807, 2.05) is 56.3 Å². The fourth-order valence-electron chi connectivity index (χ4n) is 5.23. The van der Waals surface area contributed by atoms with Gasteiger partial charge in [-0.15, -0.1) is 0 Å². The minimum absolute atomic E-state index is 0.163. The summed E-state index contributed by atoms with van der Waals surface area (Å²) in [4.78, 5) is 15.8. The molecule has 5 nitrogen and oxygen atoms in total. The van der Waals surface area contributed by atoms with Crippen LogP contribution in [0.15, 0.2) is 63.8 Å². The van der Waals surface area contributed by atoms with Crippen LogP contribution in [0.3, 0.4) is 0 Å². The summed E-state index contributed by atoms with van der Waals surface area (Å²) in [7, 11) is 0. The first kappa shape index (κ1) is 24.1. The maximum absolute atomic E-state index is 13.4. The van der Waals surface area contributed by atoms with Crippen LogP contribution in [0.5, 0.6) is 11.5 Å². The zero-order valence-electron chi connectivity index (χ0n) is 21.3. The number of aryl methyl sites for hydroxylation is 3. The molecule has 0 radical (unpaired) electrons. The van der Waals surface area contributed by atoms with Crippen LogP contribution in [0, 0.1) is 20.8 Å². The second kappa shape index (κ2) is 10.2. The minimum atomic E-state index is -0.389. The van der Waals surface area contributed by atoms with Gasteiger partial charge in [-0.2, -0.15) is 0 Å². The molecule has 0 amide bonds. The van der Waals surface area contributed by atoms with Gasteiger partial charge in [0.2, 0.25) is 0 Å². The van der Waals surface area contributed by atoms with E-state index in [1.54, 1.807) is 6.92 Å². The van der Waals surface area contributed by atoms with Gasteiger partial charge in [-0.25, -0.2) is 4.79 Å². The normalized spacial score (nSPS) is 14.0. The number of aromatic hydroxyl groups is 1. The quantitative estimate of drug-likeness (QED) is 0.319. The zero-order valence-corrected chi connectivity index (χ0v) is 21.3. The molecule has 0 unspecified atom stereocenters. The highest BCUT2D eigenvalue weighted by Gasteiger charge is 2.21. The molecule has 1 aliphatic rings. The van der Waals surface area contributed by atoms with E-state index >= 15 is 0 Å². The number of fused-ring (bicyclic) bond motifs is 1. The molecule has 1 fully saturated rings. The molecule has 5 rings (SSSR count). The van der Waals surface area contributed by atoms with E-state index in [1.165, 1.54) is 25.9 Å². The maximum Gasteiger partial charge on any atom is 0.344 e. The largest absolute Gasteiger partial charge is 0.507 e. The second-order valence-corrected chi connectivity index (χ2v) is 9.82. The minimum Gasteiger partial charge on any atom is -0.507 e. The molecule has 1 saturated heterocycles. The van der Waals surface area contributed by atoms with E-state index in [2.05, 4.69) is 17.0 Å². The van der Waals surface area contributed by atoms with Crippen molar-refractivity contribution in [1.82, 2.24) is 4.90 Å². The van der Waals surface area contributed by atoms with Crippen molar-refractivity contribution in [2.45, 2.75) is 40.0 Å². The summed E-state index contributed by atoms with van der Waals surface area (Å²) in [6.07, 6.45) is 3.12. The second-order valence-electron chi connectivity index (χ2n) is 9.82. The van der Waals surface area contributed by atoms with Crippen LogP contribution in [0.25, 0.3) is 22.1 Å². The predicted octanol–water partition coefficient (Wildman–Crippen LogP) is 6.16. The van der Waals surface area contributed by atoms with Gasteiger partial charge in [-0.05, 0) is 99.1 Å². The first-order valence-corrected chi connectivity index (χ1v) is 12.7. The maximum atomic E-state index is 13.4. The molecular formula is C31H33NO4. The number of hydrogen-bond acceptors (Lipinski definition) is 5. The van der Waals surface area contributed by atoms with E-state index in [0.717, 1.165) is 45.5 Å². The number of likely N-dealkylation sites (tertiary alicyclic amines) is 1. The van der Waals surface area contributed by atoms with E-state index in [4.69, 9.17) is 9.15 Å². The molecule has 1 N–H and O–H groups in total. The Hall–Kier alpha value is -3.57. The van der Waals surface area contributed by atoms with Crippen molar-refractivity contribution >= 4 is 11.0 Å². The van der Waals surface area contributed by atoms with Crippen LogP contribution in [-0.4, -0.2) is 36.2 Å². The molecule has 1 aliphatic heterocycles. The van der Waals surface area contributed by atoms with Crippen molar-refractivity contribution in [3.8, 4) is 22.6 Å². The highest BCUT2D eigenvalue weighted by molar-refractivity contribution is 5.91. The van der Waals surface area contributed by atoms with Gasteiger partial charge in [0.15, 0.2) is 0 Å². The molecule has 5 heteroatoms. The third-order valence-electron chi connectivity index (χ3n) is 7.29. The lowest BCUT2D eigenvalue weighted by atomic mass is 9.90. The Bertz CT molecular complexity index is 1450. The summed E-state index contributed by atoms with van der Waals surface area (Å²) in [5.74, 6) is 1.02. The van der Waals surface area contributed by atoms with Crippen molar-refractivity contribution in [1.29, 1.82) is 0 Å². The Morgan fingerprint density at radius 2 is 1.69 bits per heavy atom. The summed E-state index contributed by atoms with van der Waals surface area (Å²) >= 11 is 0. The van der Waals surface area contributed by atoms with Crippen molar-refractivity contribution in [3.63, 3.8) is 0 Å². The first-order chi connectivity index (χ1) is 17.4. The Morgan fingerprint density at radius 1 is 0.972 bits per heavy atom. The van der Waals surface area contributed by atoms with Gasteiger partial charge in [0, 0.05) is 17.5 Å². The van der Waals surface area contributed by atoms with E-state index < -0.39 is 0 Å². The summed E-state index contributed by atoms with van der Waals surface area (Å²) in [6.45, 7) is 9.65. The van der Waals surface area contributed by atoms with Crippen molar-refractivity contribution in [2.24, 2.45) is 0 Å². The molecular weight excluding hydrogens is 450 g/mol. The Kier molecular flexibility index (Phi) is 6.84. The van der Waals surface area contributed by atoms with Crippen LogP contribution in [-0.2, 0) is 6.42 Å². The topological polar surface area (TPSA) is 62.9 Å². The lowest BCUT2D eigenvalue weighted by Gasteiger charge is -2.17. The molecule has 186 valence electrons.